The van der Waals surface area contributed by atoms with Crippen molar-refractivity contribution in [1.29, 1.82) is 0 Å². The molecule has 4 nitrogen and oxygen atoms in total. The second-order valence-corrected chi connectivity index (χ2v) is 7.08. The van der Waals surface area contributed by atoms with Gasteiger partial charge in [-0.15, -0.1) is 0 Å². The van der Waals surface area contributed by atoms with Gasteiger partial charge in [-0.25, -0.2) is 4.39 Å². The molecule has 1 amide bonds. The fourth-order valence-electron chi connectivity index (χ4n) is 3.05. The van der Waals surface area contributed by atoms with Crippen LogP contribution in [0.3, 0.4) is 0 Å². The highest BCUT2D eigenvalue weighted by Gasteiger charge is 2.19. The number of hydrogen-bond donors (Lipinski definition) is 0. The lowest BCUT2D eigenvalue weighted by Gasteiger charge is -2.28. The van der Waals surface area contributed by atoms with Crippen molar-refractivity contribution in [2.45, 2.75) is 27.7 Å². The highest BCUT2D eigenvalue weighted by Crippen LogP contribution is 2.22. The molecule has 0 spiro atoms. The van der Waals surface area contributed by atoms with Crippen LogP contribution in [0.4, 0.5) is 10.1 Å². The van der Waals surface area contributed by atoms with Gasteiger partial charge in [0.2, 0.25) is 0 Å². The summed E-state index contributed by atoms with van der Waals surface area (Å²) in [6.45, 7) is 9.15. The average Bonchev–Trinajstić information content (AvgIpc) is 2.67. The van der Waals surface area contributed by atoms with Gasteiger partial charge in [-0.2, -0.15) is 0 Å². The van der Waals surface area contributed by atoms with Crippen LogP contribution in [-0.2, 0) is 0 Å². The predicted octanol–water partition coefficient (Wildman–Crippen LogP) is 4.98. The van der Waals surface area contributed by atoms with Crippen LogP contribution in [0.1, 0.15) is 47.1 Å². The Labute approximate surface area is 170 Å². The smallest absolute Gasteiger partial charge is 0.255 e. The summed E-state index contributed by atoms with van der Waals surface area (Å²) >= 11 is 6.20. The second-order valence-electron chi connectivity index (χ2n) is 6.67. The molecule has 0 radical (unpaired) electrons. The summed E-state index contributed by atoms with van der Waals surface area (Å²) < 4.78 is 14.5. The van der Waals surface area contributed by atoms with E-state index in [4.69, 9.17) is 11.6 Å². The number of anilines is 1. The molecule has 0 bridgehead atoms. The standard InChI is InChI=1S/C22H26ClFN2O2/c1-5-25(21-10-8-17(16(4)27)14-20(21)24)11-12-26(6-2)22(28)18-13-15(3)7-9-19(18)23/h7-10,13-14H,5-6,11-12H2,1-4H3. The van der Waals surface area contributed by atoms with Gasteiger partial charge in [0.1, 0.15) is 5.82 Å². The van der Waals surface area contributed by atoms with Gasteiger partial charge in [0.25, 0.3) is 5.91 Å². The largest absolute Gasteiger partial charge is 0.368 e. The molecule has 0 unspecified atom stereocenters. The number of carbonyl (C=O) groups is 2. The number of carbonyl (C=O) groups excluding carboxylic acids is 2. The molecule has 0 heterocycles. The van der Waals surface area contributed by atoms with E-state index in [1.54, 1.807) is 29.2 Å². The summed E-state index contributed by atoms with van der Waals surface area (Å²) in [6, 6.07) is 9.87. The molecule has 0 saturated carbocycles. The van der Waals surface area contributed by atoms with Crippen LogP contribution in [0.15, 0.2) is 36.4 Å². The summed E-state index contributed by atoms with van der Waals surface area (Å²) in [7, 11) is 0. The first-order valence-electron chi connectivity index (χ1n) is 9.39. The van der Waals surface area contributed by atoms with Crippen LogP contribution in [0, 0.1) is 12.7 Å². The van der Waals surface area contributed by atoms with E-state index >= 15 is 0 Å². The van der Waals surface area contributed by atoms with Crippen LogP contribution < -0.4 is 4.90 Å². The highest BCUT2D eigenvalue weighted by molar-refractivity contribution is 6.33. The maximum atomic E-state index is 14.5. The van der Waals surface area contributed by atoms with Crippen molar-refractivity contribution in [2.75, 3.05) is 31.1 Å². The van der Waals surface area contributed by atoms with E-state index in [2.05, 4.69) is 0 Å². The lowest BCUT2D eigenvalue weighted by atomic mass is 10.1. The fraction of sp³-hybridized carbons (Fsp3) is 0.364. The molecule has 0 aromatic heterocycles. The molecule has 0 aliphatic rings. The monoisotopic (exact) mass is 404 g/mol. The molecule has 28 heavy (non-hydrogen) atoms. The van der Waals surface area contributed by atoms with Crippen molar-refractivity contribution in [3.8, 4) is 0 Å². The predicted molar refractivity (Wildman–Crippen MR) is 112 cm³/mol. The van der Waals surface area contributed by atoms with Gasteiger partial charge in [0.05, 0.1) is 16.3 Å². The number of halogens is 2. The zero-order valence-electron chi connectivity index (χ0n) is 16.8. The minimum atomic E-state index is -0.439. The SMILES string of the molecule is CCN(CCN(CC)c1ccc(C(C)=O)cc1F)C(=O)c1cc(C)ccc1Cl. The fourth-order valence-corrected chi connectivity index (χ4v) is 3.25. The molecular weight excluding hydrogens is 379 g/mol. The van der Waals surface area contributed by atoms with E-state index in [0.29, 0.717) is 48.0 Å². The van der Waals surface area contributed by atoms with Crippen LogP contribution in [0.2, 0.25) is 5.02 Å². The number of amides is 1. The molecule has 150 valence electrons. The van der Waals surface area contributed by atoms with Crippen LogP contribution in [-0.4, -0.2) is 42.8 Å². The van der Waals surface area contributed by atoms with Crippen molar-refractivity contribution < 1.29 is 14.0 Å². The molecule has 2 rings (SSSR count). The summed E-state index contributed by atoms with van der Waals surface area (Å²) in [5, 5.41) is 0.423. The van der Waals surface area contributed by atoms with Gasteiger partial charge < -0.3 is 9.80 Å². The Hall–Kier alpha value is -2.40. The summed E-state index contributed by atoms with van der Waals surface area (Å²) in [5.41, 5.74) is 2.21. The topological polar surface area (TPSA) is 40.6 Å². The van der Waals surface area contributed by atoms with Crippen molar-refractivity contribution in [3.63, 3.8) is 0 Å². The van der Waals surface area contributed by atoms with Gasteiger partial charge in [-0.05, 0) is 58.0 Å². The minimum Gasteiger partial charge on any atom is -0.368 e. The Morgan fingerprint density at radius 1 is 1.04 bits per heavy atom. The van der Waals surface area contributed by atoms with Crippen molar-refractivity contribution >= 4 is 29.0 Å². The quantitative estimate of drug-likeness (QED) is 0.582. The average molecular weight is 405 g/mol. The Balaban J connectivity index is 2.15. The minimum absolute atomic E-state index is 0.139. The number of Topliss-reactive ketones (excluding diaryl/α,β-unsaturated/α-hetero) is 1. The normalized spacial score (nSPS) is 10.6. The third-order valence-electron chi connectivity index (χ3n) is 4.74. The summed E-state index contributed by atoms with van der Waals surface area (Å²) in [4.78, 5) is 27.9. The van der Waals surface area contributed by atoms with Crippen LogP contribution in [0.5, 0.6) is 0 Å². The maximum Gasteiger partial charge on any atom is 0.255 e. The van der Waals surface area contributed by atoms with Crippen molar-refractivity contribution in [3.05, 3.63) is 63.9 Å². The number of likely N-dealkylation sites (N-methyl/N-ethyl adjacent to an activating group) is 2. The first-order chi connectivity index (χ1) is 13.3. The first kappa shape index (κ1) is 21.9. The number of nitrogens with zero attached hydrogens (tertiary/aromatic N) is 2. The van der Waals surface area contributed by atoms with E-state index in [9.17, 15) is 14.0 Å². The number of rotatable bonds is 8. The lowest BCUT2D eigenvalue weighted by Crippen LogP contribution is -2.39. The molecule has 6 heteroatoms. The summed E-state index contributed by atoms with van der Waals surface area (Å²) in [5.74, 6) is -0.753. The Morgan fingerprint density at radius 3 is 2.32 bits per heavy atom. The number of ketones is 1. The maximum absolute atomic E-state index is 14.5. The lowest BCUT2D eigenvalue weighted by molar-refractivity contribution is 0.0768. The Bertz CT molecular complexity index is 870. The van der Waals surface area contributed by atoms with Crippen molar-refractivity contribution in [1.82, 2.24) is 4.90 Å². The third-order valence-corrected chi connectivity index (χ3v) is 5.07. The molecule has 2 aromatic carbocycles. The van der Waals surface area contributed by atoms with Crippen LogP contribution >= 0.6 is 11.6 Å². The molecule has 0 atom stereocenters. The number of hydrogen-bond acceptors (Lipinski definition) is 3. The van der Waals surface area contributed by atoms with Gasteiger partial charge in [-0.1, -0.05) is 23.2 Å². The van der Waals surface area contributed by atoms with Gasteiger partial charge in [0, 0.05) is 31.7 Å². The second kappa shape index (κ2) is 9.69. The molecule has 0 fully saturated rings. The van der Waals surface area contributed by atoms with E-state index in [0.717, 1.165) is 5.56 Å². The molecule has 0 aliphatic heterocycles. The van der Waals surface area contributed by atoms with E-state index in [-0.39, 0.29) is 11.7 Å². The molecule has 2 aromatic rings. The first-order valence-corrected chi connectivity index (χ1v) is 9.77. The van der Waals surface area contributed by atoms with Crippen molar-refractivity contribution in [2.24, 2.45) is 0 Å². The third kappa shape index (κ3) is 5.10. The van der Waals surface area contributed by atoms with Gasteiger partial charge in [-0.3, -0.25) is 9.59 Å². The Kier molecular flexibility index (Phi) is 7.58. The number of aryl methyl sites for hydroxylation is 1. The van der Waals surface area contributed by atoms with E-state index in [1.165, 1.54) is 13.0 Å². The zero-order chi connectivity index (χ0) is 20.8. The number of benzene rings is 2. The molecule has 0 aliphatic carbocycles. The van der Waals surface area contributed by atoms with E-state index < -0.39 is 5.82 Å². The summed E-state index contributed by atoms with van der Waals surface area (Å²) in [6.07, 6.45) is 0. The molecule has 0 saturated heterocycles. The molecule has 0 N–H and O–H groups in total. The zero-order valence-corrected chi connectivity index (χ0v) is 17.5. The van der Waals surface area contributed by atoms with Gasteiger partial charge in [0.15, 0.2) is 5.78 Å². The van der Waals surface area contributed by atoms with Crippen LogP contribution in [0.25, 0.3) is 0 Å². The van der Waals surface area contributed by atoms with E-state index in [1.807, 2.05) is 31.7 Å². The van der Waals surface area contributed by atoms with Gasteiger partial charge >= 0.3 is 0 Å². The molecular formula is C22H26ClFN2O2. The highest BCUT2D eigenvalue weighted by atomic mass is 35.5. The Morgan fingerprint density at radius 2 is 1.75 bits per heavy atom.